The van der Waals surface area contributed by atoms with Gasteiger partial charge in [0.15, 0.2) is 23.3 Å². The highest BCUT2D eigenvalue weighted by Gasteiger charge is 2.20. The molecule has 0 amide bonds. The van der Waals surface area contributed by atoms with E-state index in [9.17, 15) is 22.0 Å². The first kappa shape index (κ1) is 14.3. The van der Waals surface area contributed by atoms with E-state index in [1.807, 2.05) is 0 Å². The molecule has 0 bridgehead atoms. The smallest absolute Gasteiger partial charge is 0.185 e. The lowest BCUT2D eigenvalue weighted by molar-refractivity contribution is 0.457. The molecule has 106 valence electrons. The van der Waals surface area contributed by atoms with E-state index < -0.39 is 40.8 Å². The number of anilines is 1. The second-order valence-electron chi connectivity index (χ2n) is 4.26. The van der Waals surface area contributed by atoms with Gasteiger partial charge in [0, 0.05) is 12.1 Å². The van der Waals surface area contributed by atoms with Crippen LogP contribution in [0, 0.1) is 29.1 Å². The summed E-state index contributed by atoms with van der Waals surface area (Å²) in [5.41, 5.74) is -0.535. The molecule has 20 heavy (non-hydrogen) atoms. The molecule has 0 fully saturated rings. The largest absolute Gasteiger partial charge is 0.374 e. The first-order valence-corrected chi connectivity index (χ1v) is 5.75. The van der Waals surface area contributed by atoms with E-state index in [-0.39, 0.29) is 6.07 Å². The predicted octanol–water partition coefficient (Wildman–Crippen LogP) is 4.56. The third-order valence-electron chi connectivity index (χ3n) is 2.82. The zero-order chi connectivity index (χ0) is 14.9. The van der Waals surface area contributed by atoms with Crippen LogP contribution in [-0.2, 0) is 0 Å². The summed E-state index contributed by atoms with van der Waals surface area (Å²) in [6.07, 6.45) is 0. The first-order valence-electron chi connectivity index (χ1n) is 5.75. The van der Waals surface area contributed by atoms with Gasteiger partial charge in [-0.1, -0.05) is 12.1 Å². The van der Waals surface area contributed by atoms with Gasteiger partial charge in [0.05, 0.1) is 0 Å². The molecule has 0 spiro atoms. The van der Waals surface area contributed by atoms with Crippen molar-refractivity contribution in [2.45, 2.75) is 13.0 Å². The zero-order valence-electron chi connectivity index (χ0n) is 10.4. The maximum Gasteiger partial charge on any atom is 0.185 e. The Morgan fingerprint density at radius 1 is 0.900 bits per heavy atom. The van der Waals surface area contributed by atoms with Crippen LogP contribution in [0.4, 0.5) is 27.6 Å². The minimum Gasteiger partial charge on any atom is -0.374 e. The van der Waals surface area contributed by atoms with Crippen molar-refractivity contribution >= 4 is 5.69 Å². The van der Waals surface area contributed by atoms with Crippen molar-refractivity contribution in [3.8, 4) is 0 Å². The number of rotatable bonds is 3. The highest BCUT2D eigenvalue weighted by Crippen LogP contribution is 2.28. The van der Waals surface area contributed by atoms with Crippen molar-refractivity contribution in [3.63, 3.8) is 0 Å². The van der Waals surface area contributed by atoms with Crippen molar-refractivity contribution in [1.82, 2.24) is 0 Å². The third kappa shape index (κ3) is 2.74. The normalized spacial score (nSPS) is 12.3. The van der Waals surface area contributed by atoms with Gasteiger partial charge in [-0.15, -0.1) is 0 Å². The maximum absolute atomic E-state index is 13.5. The molecule has 2 rings (SSSR count). The minimum atomic E-state index is -1.52. The molecule has 0 radical (unpaired) electrons. The Kier molecular flexibility index (Phi) is 3.92. The first-order chi connectivity index (χ1) is 9.40. The predicted molar refractivity (Wildman–Crippen MR) is 64.7 cm³/mol. The molecule has 0 aliphatic heterocycles. The number of benzene rings is 2. The quantitative estimate of drug-likeness (QED) is 0.645. The maximum atomic E-state index is 13.5. The van der Waals surface area contributed by atoms with E-state index in [0.29, 0.717) is 5.56 Å². The van der Waals surface area contributed by atoms with Gasteiger partial charge in [-0.2, -0.15) is 0 Å². The summed E-state index contributed by atoms with van der Waals surface area (Å²) in [5, 5.41) is 2.31. The fourth-order valence-electron chi connectivity index (χ4n) is 1.78. The van der Waals surface area contributed by atoms with Crippen LogP contribution < -0.4 is 5.32 Å². The van der Waals surface area contributed by atoms with Crippen molar-refractivity contribution in [2.24, 2.45) is 0 Å². The number of nitrogens with one attached hydrogen (secondary N) is 1. The average Bonchev–Trinajstić information content (AvgIpc) is 2.41. The number of hydrogen-bond acceptors (Lipinski definition) is 1. The summed E-state index contributed by atoms with van der Waals surface area (Å²) < 4.78 is 66.1. The van der Waals surface area contributed by atoms with Crippen LogP contribution in [0.1, 0.15) is 18.5 Å². The summed E-state index contributed by atoms with van der Waals surface area (Å²) in [7, 11) is 0. The van der Waals surface area contributed by atoms with E-state index in [0.717, 1.165) is 6.07 Å². The van der Waals surface area contributed by atoms with Crippen LogP contribution in [0.15, 0.2) is 30.3 Å². The summed E-state index contributed by atoms with van der Waals surface area (Å²) in [4.78, 5) is 0. The SMILES string of the molecule is CC(Nc1c(F)c(F)cc(F)c1F)c1cccc(F)c1. The minimum absolute atomic E-state index is 0.128. The highest BCUT2D eigenvalue weighted by atomic mass is 19.2. The highest BCUT2D eigenvalue weighted by molar-refractivity contribution is 5.49. The number of hydrogen-bond donors (Lipinski definition) is 1. The van der Waals surface area contributed by atoms with Gasteiger partial charge in [0.25, 0.3) is 0 Å². The van der Waals surface area contributed by atoms with Gasteiger partial charge in [-0.05, 0) is 24.6 Å². The summed E-state index contributed by atoms with van der Waals surface area (Å²) in [6.45, 7) is 1.48. The lowest BCUT2D eigenvalue weighted by Gasteiger charge is -2.17. The van der Waals surface area contributed by atoms with Gasteiger partial charge >= 0.3 is 0 Å². The van der Waals surface area contributed by atoms with Gasteiger partial charge in [-0.25, -0.2) is 22.0 Å². The summed E-state index contributed by atoms with van der Waals surface area (Å²) in [6, 6.07) is 4.69. The Labute approximate surface area is 112 Å². The van der Waals surface area contributed by atoms with Gasteiger partial charge < -0.3 is 5.32 Å². The fourth-order valence-corrected chi connectivity index (χ4v) is 1.78. The Balaban J connectivity index is 2.35. The van der Waals surface area contributed by atoms with Crippen LogP contribution in [0.5, 0.6) is 0 Å². The van der Waals surface area contributed by atoms with E-state index in [2.05, 4.69) is 5.32 Å². The summed E-state index contributed by atoms with van der Waals surface area (Å²) in [5.74, 6) is -6.57. The molecule has 2 aromatic rings. The lowest BCUT2D eigenvalue weighted by Crippen LogP contribution is -2.12. The van der Waals surface area contributed by atoms with Crippen molar-refractivity contribution in [3.05, 3.63) is 65.0 Å². The van der Waals surface area contributed by atoms with Crippen LogP contribution in [-0.4, -0.2) is 0 Å². The average molecular weight is 287 g/mol. The Morgan fingerprint density at radius 3 is 2.05 bits per heavy atom. The van der Waals surface area contributed by atoms with Gasteiger partial charge in [0.2, 0.25) is 0 Å². The fraction of sp³-hybridized carbons (Fsp3) is 0.143. The molecule has 0 aromatic heterocycles. The van der Waals surface area contributed by atoms with Crippen molar-refractivity contribution in [2.75, 3.05) is 5.32 Å². The van der Waals surface area contributed by atoms with Crippen LogP contribution in [0.25, 0.3) is 0 Å². The van der Waals surface area contributed by atoms with Crippen LogP contribution >= 0.6 is 0 Å². The summed E-state index contributed by atoms with van der Waals surface area (Å²) >= 11 is 0. The molecular weight excluding hydrogens is 277 g/mol. The molecule has 0 saturated carbocycles. The molecule has 2 aromatic carbocycles. The molecule has 1 nitrogen and oxygen atoms in total. The Hall–Kier alpha value is -2.11. The topological polar surface area (TPSA) is 12.0 Å². The second kappa shape index (κ2) is 5.48. The Morgan fingerprint density at radius 2 is 1.50 bits per heavy atom. The third-order valence-corrected chi connectivity index (χ3v) is 2.82. The van der Waals surface area contributed by atoms with Crippen molar-refractivity contribution in [1.29, 1.82) is 0 Å². The van der Waals surface area contributed by atoms with E-state index in [1.54, 1.807) is 0 Å². The molecule has 1 unspecified atom stereocenters. The monoisotopic (exact) mass is 287 g/mol. The zero-order valence-corrected chi connectivity index (χ0v) is 10.4. The number of halogens is 5. The molecule has 0 aliphatic rings. The molecule has 6 heteroatoms. The molecule has 1 N–H and O–H groups in total. The van der Waals surface area contributed by atoms with E-state index in [4.69, 9.17) is 0 Å². The molecule has 0 heterocycles. The molecule has 0 saturated heterocycles. The molecule has 0 aliphatic carbocycles. The molecular formula is C14H10F5N. The lowest BCUT2D eigenvalue weighted by atomic mass is 10.1. The van der Waals surface area contributed by atoms with Crippen LogP contribution in [0.2, 0.25) is 0 Å². The van der Waals surface area contributed by atoms with Gasteiger partial charge in [-0.3, -0.25) is 0 Å². The molecule has 1 atom stereocenters. The van der Waals surface area contributed by atoms with Crippen molar-refractivity contribution < 1.29 is 22.0 Å². The standard InChI is InChI=1S/C14H10F5N/c1-7(8-3-2-4-9(15)5-8)20-14-12(18)10(16)6-11(17)13(14)19/h2-7,20H,1H3. The van der Waals surface area contributed by atoms with E-state index in [1.165, 1.54) is 25.1 Å². The second-order valence-corrected chi connectivity index (χ2v) is 4.26. The Bertz CT molecular complexity index is 615. The van der Waals surface area contributed by atoms with Gasteiger partial charge in [0.1, 0.15) is 11.5 Å². The van der Waals surface area contributed by atoms with E-state index >= 15 is 0 Å². The van der Waals surface area contributed by atoms with Crippen LogP contribution in [0.3, 0.4) is 0 Å².